The molecule has 0 spiro atoms. The monoisotopic (exact) mass is 257 g/mol. The molecule has 4 heteroatoms. The van der Waals surface area contributed by atoms with Gasteiger partial charge in [0.05, 0.1) is 6.54 Å². The fraction of sp³-hybridized carbons (Fsp3) is 0.857. The molecule has 2 aliphatic rings. The highest BCUT2D eigenvalue weighted by molar-refractivity contribution is 5.91. The number of hydrogen-bond acceptors (Lipinski definition) is 2. The second-order valence-corrected chi connectivity index (χ2v) is 5.16. The molecule has 2 fully saturated rings. The van der Waals surface area contributed by atoms with E-state index < -0.39 is 11.6 Å². The highest BCUT2D eigenvalue weighted by Crippen LogP contribution is 2.39. The van der Waals surface area contributed by atoms with Crippen LogP contribution in [0.1, 0.15) is 64.7 Å². The van der Waals surface area contributed by atoms with E-state index in [0.29, 0.717) is 19.3 Å². The van der Waals surface area contributed by atoms with E-state index in [0.717, 1.165) is 0 Å². The number of amides is 1. The molecule has 2 saturated carbocycles. The fourth-order valence-electron chi connectivity index (χ4n) is 1.86. The summed E-state index contributed by atoms with van der Waals surface area (Å²) in [5.74, 6) is -0.711. The van der Waals surface area contributed by atoms with Crippen molar-refractivity contribution in [2.45, 2.75) is 70.4 Å². The summed E-state index contributed by atoms with van der Waals surface area (Å²) in [7, 11) is 0. The Morgan fingerprint density at radius 2 is 1.50 bits per heavy atom. The lowest BCUT2D eigenvalue weighted by atomic mass is 10.0. The molecular formula is C14H24FNO2. The maximum absolute atomic E-state index is 12.9. The third kappa shape index (κ3) is 5.61. The van der Waals surface area contributed by atoms with Crippen molar-refractivity contribution in [2.24, 2.45) is 0 Å². The average Bonchev–Trinajstić information content (AvgIpc) is 3.17. The lowest BCUT2D eigenvalue weighted by Gasteiger charge is -2.05. The number of Topliss-reactive ketones (excluding diaryl/α,β-unsaturated/α-hetero) is 1. The number of carbonyl (C=O) groups is 2. The van der Waals surface area contributed by atoms with Gasteiger partial charge in [-0.1, -0.05) is 45.4 Å². The third-order valence-electron chi connectivity index (χ3n) is 3.44. The Hall–Kier alpha value is -0.930. The normalized spacial score (nSPS) is 20.3. The van der Waals surface area contributed by atoms with Gasteiger partial charge < -0.3 is 5.32 Å². The molecule has 0 aromatic heterocycles. The Morgan fingerprint density at radius 3 is 1.83 bits per heavy atom. The summed E-state index contributed by atoms with van der Waals surface area (Å²) in [6.45, 7) is 1.66. The molecule has 0 atom stereocenters. The van der Waals surface area contributed by atoms with Gasteiger partial charge in [-0.25, -0.2) is 4.39 Å². The van der Waals surface area contributed by atoms with Crippen molar-refractivity contribution < 1.29 is 14.0 Å². The predicted octanol–water partition coefficient (Wildman–Crippen LogP) is 2.92. The first-order valence-electron chi connectivity index (χ1n) is 7.07. The quantitative estimate of drug-likeness (QED) is 0.841. The summed E-state index contributed by atoms with van der Waals surface area (Å²) in [6.07, 6.45) is 9.96. The van der Waals surface area contributed by atoms with Crippen LogP contribution >= 0.6 is 0 Å². The fourth-order valence-corrected chi connectivity index (χ4v) is 1.86. The van der Waals surface area contributed by atoms with Gasteiger partial charge in [0.25, 0.3) is 5.91 Å². The van der Waals surface area contributed by atoms with Crippen LogP contribution in [-0.2, 0) is 9.59 Å². The molecule has 0 unspecified atom stereocenters. The van der Waals surface area contributed by atoms with Crippen LogP contribution in [0.3, 0.4) is 0 Å². The first-order chi connectivity index (χ1) is 8.58. The molecule has 0 aliphatic heterocycles. The molecule has 0 heterocycles. The Labute approximate surface area is 109 Å². The van der Waals surface area contributed by atoms with Crippen LogP contribution < -0.4 is 5.32 Å². The maximum atomic E-state index is 12.9. The van der Waals surface area contributed by atoms with Crippen molar-refractivity contribution in [3.05, 3.63) is 0 Å². The number of ketones is 1. The zero-order chi connectivity index (χ0) is 13.4. The predicted molar refractivity (Wildman–Crippen MR) is 69.1 cm³/mol. The Morgan fingerprint density at radius 1 is 1.06 bits per heavy atom. The van der Waals surface area contributed by atoms with Crippen molar-refractivity contribution >= 4 is 11.7 Å². The van der Waals surface area contributed by atoms with Crippen LogP contribution in [0.2, 0.25) is 0 Å². The van der Waals surface area contributed by atoms with Crippen LogP contribution in [-0.4, -0.2) is 23.9 Å². The van der Waals surface area contributed by atoms with E-state index >= 15 is 0 Å². The van der Waals surface area contributed by atoms with Crippen molar-refractivity contribution in [3.8, 4) is 0 Å². The van der Waals surface area contributed by atoms with Crippen LogP contribution in [0.5, 0.6) is 0 Å². The minimum Gasteiger partial charge on any atom is -0.346 e. The number of halogens is 1. The molecular weight excluding hydrogens is 233 g/mol. The van der Waals surface area contributed by atoms with Crippen LogP contribution in [0.4, 0.5) is 4.39 Å². The Kier molecular flexibility index (Phi) is 6.30. The zero-order valence-corrected chi connectivity index (χ0v) is 11.3. The van der Waals surface area contributed by atoms with Gasteiger partial charge in [0.1, 0.15) is 0 Å². The third-order valence-corrected chi connectivity index (χ3v) is 3.44. The van der Waals surface area contributed by atoms with Gasteiger partial charge in [-0.05, 0) is 12.8 Å². The molecule has 1 amide bonds. The topological polar surface area (TPSA) is 46.2 Å². The van der Waals surface area contributed by atoms with Gasteiger partial charge in [-0.3, -0.25) is 9.59 Å². The molecule has 104 valence electrons. The van der Waals surface area contributed by atoms with Crippen LogP contribution in [0, 0.1) is 0 Å². The minimum atomic E-state index is -1.66. The molecule has 2 aliphatic carbocycles. The first-order valence-corrected chi connectivity index (χ1v) is 7.07. The minimum absolute atomic E-state index is 0.0407. The summed E-state index contributed by atoms with van der Waals surface area (Å²) in [4.78, 5) is 21.6. The molecule has 0 aromatic rings. The van der Waals surface area contributed by atoms with Crippen LogP contribution in [0.15, 0.2) is 0 Å². The van der Waals surface area contributed by atoms with E-state index in [1.165, 1.54) is 38.5 Å². The van der Waals surface area contributed by atoms with E-state index in [-0.39, 0.29) is 12.3 Å². The van der Waals surface area contributed by atoms with Gasteiger partial charge in [0, 0.05) is 6.42 Å². The van der Waals surface area contributed by atoms with E-state index in [2.05, 4.69) is 5.32 Å². The Bertz CT molecular complexity index is 272. The van der Waals surface area contributed by atoms with Crippen LogP contribution in [0.25, 0.3) is 0 Å². The standard InChI is InChI=1S/C8H12FNO2.C6H12/c1-2-6(11)5-10-7(12)8(9)3-4-8;1-2-4-6-5-3-1/h2-5H2,1H3,(H,10,12);1-6H2. The molecule has 0 radical (unpaired) electrons. The van der Waals surface area contributed by atoms with Crippen molar-refractivity contribution in [3.63, 3.8) is 0 Å². The van der Waals surface area contributed by atoms with E-state index in [4.69, 9.17) is 0 Å². The number of carbonyl (C=O) groups excluding carboxylic acids is 2. The van der Waals surface area contributed by atoms with Crippen molar-refractivity contribution in [1.82, 2.24) is 5.32 Å². The van der Waals surface area contributed by atoms with Crippen molar-refractivity contribution in [1.29, 1.82) is 0 Å². The van der Waals surface area contributed by atoms with Gasteiger partial charge in [0.2, 0.25) is 0 Å². The van der Waals surface area contributed by atoms with Gasteiger partial charge in [0.15, 0.2) is 11.5 Å². The first kappa shape index (κ1) is 15.1. The highest BCUT2D eigenvalue weighted by atomic mass is 19.1. The van der Waals surface area contributed by atoms with Gasteiger partial charge >= 0.3 is 0 Å². The van der Waals surface area contributed by atoms with E-state index in [1.807, 2.05) is 0 Å². The molecule has 1 N–H and O–H groups in total. The maximum Gasteiger partial charge on any atom is 0.258 e. The lowest BCUT2D eigenvalue weighted by molar-refractivity contribution is -0.129. The Balaban J connectivity index is 0.000000225. The van der Waals surface area contributed by atoms with Gasteiger partial charge in [-0.15, -0.1) is 0 Å². The molecule has 0 bridgehead atoms. The number of nitrogens with one attached hydrogen (secondary N) is 1. The molecule has 0 aromatic carbocycles. The number of hydrogen-bond donors (Lipinski definition) is 1. The zero-order valence-electron chi connectivity index (χ0n) is 11.3. The molecule has 18 heavy (non-hydrogen) atoms. The number of rotatable bonds is 4. The summed E-state index contributed by atoms with van der Waals surface area (Å²) < 4.78 is 12.9. The van der Waals surface area contributed by atoms with Gasteiger partial charge in [-0.2, -0.15) is 0 Å². The number of alkyl halides is 1. The summed E-state index contributed by atoms with van der Waals surface area (Å²) in [6, 6.07) is 0. The average molecular weight is 257 g/mol. The smallest absolute Gasteiger partial charge is 0.258 e. The molecule has 3 nitrogen and oxygen atoms in total. The highest BCUT2D eigenvalue weighted by Gasteiger charge is 2.50. The summed E-state index contributed by atoms with van der Waals surface area (Å²) in [5, 5.41) is 2.27. The summed E-state index contributed by atoms with van der Waals surface area (Å²) >= 11 is 0. The van der Waals surface area contributed by atoms with Crippen molar-refractivity contribution in [2.75, 3.05) is 6.54 Å². The largest absolute Gasteiger partial charge is 0.346 e. The summed E-state index contributed by atoms with van der Waals surface area (Å²) in [5.41, 5.74) is -1.66. The second-order valence-electron chi connectivity index (χ2n) is 5.16. The molecule has 2 rings (SSSR count). The SMILES string of the molecule is C1CCCCC1.CCC(=O)CNC(=O)C1(F)CC1. The van der Waals surface area contributed by atoms with E-state index in [9.17, 15) is 14.0 Å². The lowest BCUT2D eigenvalue weighted by Crippen LogP contribution is -2.36. The second kappa shape index (κ2) is 7.49. The van der Waals surface area contributed by atoms with E-state index in [1.54, 1.807) is 6.92 Å². The molecule has 0 saturated heterocycles.